The highest BCUT2D eigenvalue weighted by atomic mass is 35.5. The van der Waals surface area contributed by atoms with E-state index in [2.05, 4.69) is 24.3 Å². The topological polar surface area (TPSA) is 17.1 Å². The van der Waals surface area contributed by atoms with Crippen LogP contribution in [0, 0.1) is 0 Å². The van der Waals surface area contributed by atoms with Crippen LogP contribution in [0.25, 0.3) is 16.2 Å². The molecule has 0 saturated heterocycles. The summed E-state index contributed by atoms with van der Waals surface area (Å²) in [5, 5.41) is 1.40. The highest BCUT2D eigenvalue weighted by molar-refractivity contribution is 8.01. The van der Waals surface area contributed by atoms with E-state index in [9.17, 15) is 4.79 Å². The van der Waals surface area contributed by atoms with Gasteiger partial charge in [-0.2, -0.15) is 0 Å². The van der Waals surface area contributed by atoms with E-state index in [1.54, 1.807) is 41.3 Å². The van der Waals surface area contributed by atoms with Crippen molar-refractivity contribution in [1.82, 2.24) is 0 Å². The maximum absolute atomic E-state index is 12.1. The lowest BCUT2D eigenvalue weighted by Crippen LogP contribution is -1.98. The normalized spacial score (nSPS) is 11.3. The summed E-state index contributed by atoms with van der Waals surface area (Å²) in [5.41, 5.74) is 1.24. The standard InChI is InChI=1S/C18H13ClOS2/c19-14-8-9-15-16(20)12-18(22-17(15)11-14)21-10-4-7-13-5-2-1-3-6-13/h1-9,11-12H,10H2. The van der Waals surface area contributed by atoms with Gasteiger partial charge in [-0.15, -0.1) is 23.1 Å². The second-order valence-electron chi connectivity index (χ2n) is 4.69. The predicted molar refractivity (Wildman–Crippen MR) is 99.3 cm³/mol. The lowest BCUT2D eigenvalue weighted by atomic mass is 10.2. The fraction of sp³-hybridized carbons (Fsp3) is 0.0556. The Kier molecular flexibility index (Phi) is 4.98. The third-order valence-corrected chi connectivity index (χ3v) is 5.58. The third kappa shape index (κ3) is 3.80. The van der Waals surface area contributed by atoms with Gasteiger partial charge in [-0.1, -0.05) is 54.1 Å². The van der Waals surface area contributed by atoms with Crippen LogP contribution in [-0.2, 0) is 0 Å². The molecule has 3 aromatic rings. The van der Waals surface area contributed by atoms with Crippen LogP contribution in [0.4, 0.5) is 0 Å². The molecule has 0 bridgehead atoms. The van der Waals surface area contributed by atoms with Crippen molar-refractivity contribution in [3.05, 3.63) is 81.5 Å². The number of rotatable bonds is 4. The first kappa shape index (κ1) is 15.3. The van der Waals surface area contributed by atoms with Gasteiger partial charge in [0, 0.05) is 26.9 Å². The van der Waals surface area contributed by atoms with Gasteiger partial charge in [-0.05, 0) is 23.8 Å². The quantitative estimate of drug-likeness (QED) is 0.563. The number of hydrogen-bond acceptors (Lipinski definition) is 3. The van der Waals surface area contributed by atoms with Crippen molar-refractivity contribution in [3.8, 4) is 0 Å². The van der Waals surface area contributed by atoms with Crippen LogP contribution in [-0.4, -0.2) is 5.75 Å². The van der Waals surface area contributed by atoms with Crippen LogP contribution >= 0.6 is 34.7 Å². The molecule has 4 heteroatoms. The highest BCUT2D eigenvalue weighted by Gasteiger charge is 2.03. The average molecular weight is 345 g/mol. The molecule has 2 aromatic carbocycles. The lowest BCUT2D eigenvalue weighted by molar-refractivity contribution is 1.58. The Balaban J connectivity index is 1.74. The zero-order valence-electron chi connectivity index (χ0n) is 11.7. The van der Waals surface area contributed by atoms with Crippen molar-refractivity contribution < 1.29 is 0 Å². The Hall–Kier alpha value is -1.55. The van der Waals surface area contributed by atoms with E-state index >= 15 is 0 Å². The van der Waals surface area contributed by atoms with Gasteiger partial charge in [0.1, 0.15) is 0 Å². The van der Waals surface area contributed by atoms with Gasteiger partial charge in [0.2, 0.25) is 0 Å². The first-order valence-electron chi connectivity index (χ1n) is 6.80. The van der Waals surface area contributed by atoms with Crippen molar-refractivity contribution >= 4 is 50.9 Å². The van der Waals surface area contributed by atoms with Gasteiger partial charge in [0.25, 0.3) is 0 Å². The number of halogens is 1. The Morgan fingerprint density at radius 2 is 1.91 bits per heavy atom. The first-order chi connectivity index (χ1) is 10.7. The van der Waals surface area contributed by atoms with E-state index in [1.165, 1.54) is 5.56 Å². The van der Waals surface area contributed by atoms with Crippen LogP contribution < -0.4 is 5.43 Å². The van der Waals surface area contributed by atoms with Crippen molar-refractivity contribution in [3.63, 3.8) is 0 Å². The molecule has 110 valence electrons. The van der Waals surface area contributed by atoms with Crippen molar-refractivity contribution in [2.75, 3.05) is 5.75 Å². The summed E-state index contributed by atoms with van der Waals surface area (Å²) in [6.45, 7) is 0. The molecule has 0 saturated carbocycles. The molecule has 0 spiro atoms. The summed E-state index contributed by atoms with van der Waals surface area (Å²) in [5.74, 6) is 0.830. The van der Waals surface area contributed by atoms with Gasteiger partial charge in [0.05, 0.1) is 4.21 Å². The zero-order chi connectivity index (χ0) is 15.4. The Labute approximate surface area is 142 Å². The molecular formula is C18H13ClOS2. The molecule has 3 rings (SSSR count). The SMILES string of the molecule is O=c1cc(SCC=Cc2ccccc2)sc2cc(Cl)ccc12. The fourth-order valence-corrected chi connectivity index (χ4v) is 4.40. The maximum atomic E-state index is 12.1. The Morgan fingerprint density at radius 1 is 1.09 bits per heavy atom. The average Bonchev–Trinajstić information content (AvgIpc) is 2.52. The van der Waals surface area contributed by atoms with Gasteiger partial charge >= 0.3 is 0 Å². The van der Waals surface area contributed by atoms with Gasteiger partial charge < -0.3 is 0 Å². The fourth-order valence-electron chi connectivity index (χ4n) is 2.06. The molecule has 22 heavy (non-hydrogen) atoms. The van der Waals surface area contributed by atoms with Crippen LogP contribution in [0.15, 0.2) is 69.7 Å². The molecule has 1 aromatic heterocycles. The lowest BCUT2D eigenvalue weighted by Gasteiger charge is -2.01. The molecule has 0 amide bonds. The summed E-state index contributed by atoms with van der Waals surface area (Å²) < 4.78 is 1.95. The number of fused-ring (bicyclic) bond motifs is 1. The van der Waals surface area contributed by atoms with Crippen molar-refractivity contribution in [2.24, 2.45) is 0 Å². The van der Waals surface area contributed by atoms with Gasteiger partial charge in [-0.3, -0.25) is 4.79 Å². The van der Waals surface area contributed by atoms with E-state index in [0.29, 0.717) is 5.02 Å². The number of hydrogen-bond donors (Lipinski definition) is 0. The van der Waals surface area contributed by atoms with Crippen molar-refractivity contribution in [1.29, 1.82) is 0 Å². The van der Waals surface area contributed by atoms with E-state index in [4.69, 9.17) is 11.6 Å². The van der Waals surface area contributed by atoms with Crippen LogP contribution in [0.5, 0.6) is 0 Å². The van der Waals surface area contributed by atoms with Crippen LogP contribution in [0.1, 0.15) is 5.56 Å². The summed E-state index contributed by atoms with van der Waals surface area (Å²) in [6, 6.07) is 17.3. The second kappa shape index (κ2) is 7.14. The smallest absolute Gasteiger partial charge is 0.189 e. The zero-order valence-corrected chi connectivity index (χ0v) is 14.0. The van der Waals surface area contributed by atoms with E-state index < -0.39 is 0 Å². The maximum Gasteiger partial charge on any atom is 0.189 e. The summed E-state index contributed by atoms with van der Waals surface area (Å²) in [7, 11) is 0. The molecule has 0 fully saturated rings. The summed E-state index contributed by atoms with van der Waals surface area (Å²) >= 11 is 9.27. The second-order valence-corrected chi connectivity index (χ2v) is 7.53. The molecule has 0 aliphatic carbocycles. The van der Waals surface area contributed by atoms with Crippen LogP contribution in [0.3, 0.4) is 0 Å². The van der Waals surface area contributed by atoms with E-state index in [0.717, 1.165) is 20.0 Å². The van der Waals surface area contributed by atoms with E-state index in [1.807, 2.05) is 24.3 Å². The Bertz CT molecular complexity index is 869. The van der Waals surface area contributed by atoms with E-state index in [-0.39, 0.29) is 5.43 Å². The largest absolute Gasteiger partial charge is 0.289 e. The Morgan fingerprint density at radius 3 is 2.73 bits per heavy atom. The monoisotopic (exact) mass is 344 g/mol. The number of thioether (sulfide) groups is 1. The number of benzene rings is 2. The minimum atomic E-state index is 0.0555. The molecule has 0 aliphatic heterocycles. The third-order valence-electron chi connectivity index (χ3n) is 3.10. The summed E-state index contributed by atoms with van der Waals surface area (Å²) in [4.78, 5) is 12.1. The molecule has 0 N–H and O–H groups in total. The molecule has 0 atom stereocenters. The molecule has 1 heterocycles. The molecule has 0 radical (unpaired) electrons. The minimum absolute atomic E-state index is 0.0555. The van der Waals surface area contributed by atoms with Gasteiger partial charge in [0.15, 0.2) is 5.43 Å². The molecule has 0 unspecified atom stereocenters. The molecule has 0 aliphatic rings. The predicted octanol–water partition coefficient (Wildman–Crippen LogP) is 5.72. The van der Waals surface area contributed by atoms with Crippen molar-refractivity contribution in [2.45, 2.75) is 4.21 Å². The van der Waals surface area contributed by atoms with Gasteiger partial charge in [-0.25, -0.2) is 0 Å². The first-order valence-corrected chi connectivity index (χ1v) is 8.98. The van der Waals surface area contributed by atoms with Crippen LogP contribution in [0.2, 0.25) is 5.02 Å². The summed E-state index contributed by atoms with van der Waals surface area (Å²) in [6.07, 6.45) is 4.20. The minimum Gasteiger partial charge on any atom is -0.289 e. The highest BCUT2D eigenvalue weighted by Crippen LogP contribution is 2.29. The molecule has 1 nitrogen and oxygen atoms in total. The molecular weight excluding hydrogens is 332 g/mol.